The van der Waals surface area contributed by atoms with E-state index >= 15 is 0 Å². The average Bonchev–Trinajstić information content (AvgIpc) is 2.42. The van der Waals surface area contributed by atoms with Crippen molar-refractivity contribution in [3.63, 3.8) is 0 Å². The number of halogens is 1. The van der Waals surface area contributed by atoms with Crippen LogP contribution in [-0.2, 0) is 11.3 Å². The molecule has 0 fully saturated rings. The van der Waals surface area contributed by atoms with E-state index in [1.807, 2.05) is 0 Å². The Morgan fingerprint density at radius 2 is 2.40 bits per heavy atom. The molecule has 0 saturated heterocycles. The maximum atomic E-state index is 11.0. The van der Waals surface area contributed by atoms with Crippen LogP contribution >= 0.6 is 11.6 Å². The molecule has 1 aliphatic heterocycles. The van der Waals surface area contributed by atoms with E-state index in [1.54, 1.807) is 13.8 Å². The standard InChI is InChI=1S/C9H11ClN2O3/c1-5-6(10)7-12(11-5)3-9(2,4-15-7)8(13)14/h3-4H2,1-2H3,(H,13,14). The summed E-state index contributed by atoms with van der Waals surface area (Å²) in [4.78, 5) is 11.0. The van der Waals surface area contributed by atoms with Gasteiger partial charge in [-0.1, -0.05) is 11.6 Å². The molecule has 2 rings (SSSR count). The van der Waals surface area contributed by atoms with E-state index in [1.165, 1.54) is 4.68 Å². The number of carbonyl (C=O) groups is 1. The van der Waals surface area contributed by atoms with Gasteiger partial charge in [-0.15, -0.1) is 0 Å². The Morgan fingerprint density at radius 3 is 3.00 bits per heavy atom. The summed E-state index contributed by atoms with van der Waals surface area (Å²) in [7, 11) is 0. The second kappa shape index (κ2) is 3.13. The van der Waals surface area contributed by atoms with Gasteiger partial charge in [0.1, 0.15) is 17.0 Å². The van der Waals surface area contributed by atoms with Crippen molar-refractivity contribution in [2.75, 3.05) is 6.61 Å². The van der Waals surface area contributed by atoms with Crippen molar-refractivity contribution in [1.82, 2.24) is 9.78 Å². The molecule has 1 aromatic rings. The topological polar surface area (TPSA) is 64.4 Å². The van der Waals surface area contributed by atoms with Crippen LogP contribution in [0.5, 0.6) is 5.88 Å². The van der Waals surface area contributed by atoms with Crippen molar-refractivity contribution in [1.29, 1.82) is 0 Å². The normalized spacial score (nSPS) is 24.5. The highest BCUT2D eigenvalue weighted by molar-refractivity contribution is 6.32. The maximum absolute atomic E-state index is 11.0. The molecule has 1 aliphatic rings. The number of aromatic nitrogens is 2. The number of aliphatic carboxylic acids is 1. The molecule has 5 nitrogen and oxygen atoms in total. The Hall–Kier alpha value is -1.23. The predicted molar refractivity (Wildman–Crippen MR) is 53.2 cm³/mol. The van der Waals surface area contributed by atoms with Crippen LogP contribution in [0.25, 0.3) is 0 Å². The zero-order chi connectivity index (χ0) is 11.2. The fraction of sp³-hybridized carbons (Fsp3) is 0.556. The lowest BCUT2D eigenvalue weighted by atomic mass is 9.91. The van der Waals surface area contributed by atoms with Crippen LogP contribution < -0.4 is 4.74 Å². The Kier molecular flexibility index (Phi) is 2.15. The van der Waals surface area contributed by atoms with E-state index in [4.69, 9.17) is 21.4 Å². The van der Waals surface area contributed by atoms with E-state index in [2.05, 4.69) is 5.10 Å². The lowest BCUT2D eigenvalue weighted by Crippen LogP contribution is -2.42. The van der Waals surface area contributed by atoms with Crippen LogP contribution in [-0.4, -0.2) is 27.5 Å². The Bertz CT molecular complexity index is 429. The Labute approximate surface area is 91.6 Å². The third-order valence-corrected chi connectivity index (χ3v) is 2.99. The van der Waals surface area contributed by atoms with Gasteiger partial charge < -0.3 is 9.84 Å². The van der Waals surface area contributed by atoms with Crippen LogP contribution in [0.3, 0.4) is 0 Å². The number of nitrogens with zero attached hydrogens (tertiary/aromatic N) is 2. The van der Waals surface area contributed by atoms with E-state index in [0.717, 1.165) is 0 Å². The third-order valence-electron chi connectivity index (χ3n) is 2.55. The maximum Gasteiger partial charge on any atom is 0.314 e. The highest BCUT2D eigenvalue weighted by Gasteiger charge is 2.40. The summed E-state index contributed by atoms with van der Waals surface area (Å²) in [6.07, 6.45) is 0. The predicted octanol–water partition coefficient (Wildman–Crippen LogP) is 1.33. The largest absolute Gasteiger partial charge is 0.481 e. The zero-order valence-corrected chi connectivity index (χ0v) is 9.21. The molecule has 0 spiro atoms. The van der Waals surface area contributed by atoms with Gasteiger partial charge in [-0.25, -0.2) is 4.68 Å². The van der Waals surface area contributed by atoms with Crippen molar-refractivity contribution in [3.8, 4) is 5.88 Å². The minimum atomic E-state index is -0.936. The molecule has 0 bridgehead atoms. The fourth-order valence-corrected chi connectivity index (χ4v) is 1.71. The smallest absolute Gasteiger partial charge is 0.314 e. The summed E-state index contributed by atoms with van der Waals surface area (Å²) in [6.45, 7) is 3.79. The van der Waals surface area contributed by atoms with Gasteiger partial charge in [0.25, 0.3) is 0 Å². The van der Waals surface area contributed by atoms with Crippen molar-refractivity contribution >= 4 is 17.6 Å². The summed E-state index contributed by atoms with van der Waals surface area (Å²) in [6, 6.07) is 0. The minimum absolute atomic E-state index is 0.118. The first-order valence-electron chi connectivity index (χ1n) is 4.53. The van der Waals surface area contributed by atoms with E-state index in [-0.39, 0.29) is 13.2 Å². The number of hydrogen-bond acceptors (Lipinski definition) is 3. The van der Waals surface area contributed by atoms with Crippen LogP contribution in [0, 0.1) is 12.3 Å². The molecule has 0 aromatic carbocycles. The van der Waals surface area contributed by atoms with Crippen molar-refractivity contribution in [3.05, 3.63) is 10.7 Å². The van der Waals surface area contributed by atoms with E-state index in [9.17, 15) is 4.79 Å². The number of aryl methyl sites for hydroxylation is 1. The second-order valence-corrected chi connectivity index (χ2v) is 4.39. The van der Waals surface area contributed by atoms with Crippen LogP contribution in [0.1, 0.15) is 12.6 Å². The first-order valence-corrected chi connectivity index (χ1v) is 4.91. The second-order valence-electron chi connectivity index (χ2n) is 4.02. The van der Waals surface area contributed by atoms with Crippen LogP contribution in [0.15, 0.2) is 0 Å². The van der Waals surface area contributed by atoms with Gasteiger partial charge in [-0.3, -0.25) is 4.79 Å². The van der Waals surface area contributed by atoms with Gasteiger partial charge in [0.15, 0.2) is 0 Å². The summed E-state index contributed by atoms with van der Waals surface area (Å²) in [5.74, 6) is -0.426. The molecule has 82 valence electrons. The summed E-state index contributed by atoms with van der Waals surface area (Å²) in [5, 5.41) is 13.6. The highest BCUT2D eigenvalue weighted by Crippen LogP contribution is 2.35. The summed E-state index contributed by atoms with van der Waals surface area (Å²) in [5.41, 5.74) is -0.282. The minimum Gasteiger partial charge on any atom is -0.481 e. The molecule has 1 atom stereocenters. The molecule has 2 heterocycles. The highest BCUT2D eigenvalue weighted by atomic mass is 35.5. The van der Waals surface area contributed by atoms with Crippen LogP contribution in [0.2, 0.25) is 5.02 Å². The Morgan fingerprint density at radius 1 is 1.73 bits per heavy atom. The molecule has 1 N–H and O–H groups in total. The number of ether oxygens (including phenoxy) is 1. The zero-order valence-electron chi connectivity index (χ0n) is 8.45. The monoisotopic (exact) mass is 230 g/mol. The molecule has 6 heteroatoms. The first-order chi connectivity index (χ1) is 6.94. The van der Waals surface area contributed by atoms with Gasteiger partial charge in [-0.2, -0.15) is 5.10 Å². The number of rotatable bonds is 1. The molecular weight excluding hydrogens is 220 g/mol. The molecule has 0 saturated carbocycles. The van der Waals surface area contributed by atoms with Crippen molar-refractivity contribution < 1.29 is 14.6 Å². The van der Waals surface area contributed by atoms with Gasteiger partial charge in [0, 0.05) is 0 Å². The van der Waals surface area contributed by atoms with Crippen molar-refractivity contribution in [2.45, 2.75) is 20.4 Å². The molecule has 1 aromatic heterocycles. The molecule has 0 aliphatic carbocycles. The lowest BCUT2D eigenvalue weighted by Gasteiger charge is -2.29. The Balaban J connectivity index is 2.39. The summed E-state index contributed by atoms with van der Waals surface area (Å²) < 4.78 is 6.85. The van der Waals surface area contributed by atoms with Gasteiger partial charge in [0.2, 0.25) is 5.88 Å². The quantitative estimate of drug-likeness (QED) is 0.791. The van der Waals surface area contributed by atoms with E-state index < -0.39 is 11.4 Å². The number of hydrogen-bond donors (Lipinski definition) is 1. The third kappa shape index (κ3) is 1.47. The summed E-state index contributed by atoms with van der Waals surface area (Å²) >= 11 is 5.94. The first kappa shape index (κ1) is 10.3. The van der Waals surface area contributed by atoms with Crippen molar-refractivity contribution in [2.24, 2.45) is 5.41 Å². The SMILES string of the molecule is Cc1nn2c(c1Cl)OCC(C)(C(=O)O)C2. The van der Waals surface area contributed by atoms with Gasteiger partial charge in [0.05, 0.1) is 12.2 Å². The number of carboxylic acids is 1. The van der Waals surface area contributed by atoms with Crippen LogP contribution in [0.4, 0.5) is 0 Å². The molecule has 0 radical (unpaired) electrons. The average molecular weight is 231 g/mol. The van der Waals surface area contributed by atoms with Gasteiger partial charge in [-0.05, 0) is 13.8 Å². The molecule has 15 heavy (non-hydrogen) atoms. The lowest BCUT2D eigenvalue weighted by molar-refractivity contribution is -0.152. The molecule has 0 amide bonds. The molecular formula is C9H11ClN2O3. The van der Waals surface area contributed by atoms with Gasteiger partial charge >= 0.3 is 5.97 Å². The number of carboxylic acid groups (broad SMARTS) is 1. The molecule has 1 unspecified atom stereocenters. The fourth-order valence-electron chi connectivity index (χ4n) is 1.52. The van der Waals surface area contributed by atoms with E-state index in [0.29, 0.717) is 16.6 Å². The number of fused-ring (bicyclic) bond motifs is 1.